The molecule has 3 N–H and O–H groups in total. The van der Waals surface area contributed by atoms with E-state index in [0.29, 0.717) is 12.5 Å². The van der Waals surface area contributed by atoms with Gasteiger partial charge in [0, 0.05) is 12.2 Å². The Hall–Kier alpha value is -1.28. The van der Waals surface area contributed by atoms with Gasteiger partial charge in [-0.2, -0.15) is 0 Å². The van der Waals surface area contributed by atoms with E-state index >= 15 is 0 Å². The number of para-hydroxylation sites is 1. The van der Waals surface area contributed by atoms with E-state index in [1.165, 1.54) is 22.2 Å². The molecule has 0 amide bonds. The monoisotopic (exact) mass is 188 g/mol. The number of aromatic nitrogens is 1. The van der Waals surface area contributed by atoms with Crippen molar-refractivity contribution in [3.63, 3.8) is 0 Å². The highest BCUT2D eigenvalue weighted by Crippen LogP contribution is 2.23. The zero-order valence-electron chi connectivity index (χ0n) is 8.67. The third-order valence-electron chi connectivity index (χ3n) is 2.61. The molecule has 2 aromatic rings. The Kier molecular flexibility index (Phi) is 2.30. The largest absolute Gasteiger partial charge is 0.358 e. The van der Waals surface area contributed by atoms with Gasteiger partial charge in [-0.15, -0.1) is 0 Å². The molecule has 0 bridgehead atoms. The summed E-state index contributed by atoms with van der Waals surface area (Å²) in [6.07, 6.45) is 0. The summed E-state index contributed by atoms with van der Waals surface area (Å²) >= 11 is 0. The number of benzene rings is 1. The maximum atomic E-state index is 5.68. The summed E-state index contributed by atoms with van der Waals surface area (Å²) in [5.41, 5.74) is 9.34. The molecule has 0 radical (unpaired) electrons. The molecule has 14 heavy (non-hydrogen) atoms. The fraction of sp³-hybridized carbons (Fsp3) is 0.333. The molecule has 2 rings (SSSR count). The van der Waals surface area contributed by atoms with Crippen LogP contribution >= 0.6 is 0 Å². The molecule has 0 saturated carbocycles. The smallest absolute Gasteiger partial charge is 0.0501 e. The lowest BCUT2D eigenvalue weighted by Crippen LogP contribution is -1.96. The van der Waals surface area contributed by atoms with Crippen LogP contribution in [0.5, 0.6) is 0 Å². The molecule has 0 aliphatic heterocycles. The maximum absolute atomic E-state index is 5.68. The lowest BCUT2D eigenvalue weighted by atomic mass is 10.1. The highest BCUT2D eigenvalue weighted by Gasteiger charge is 2.06. The second-order valence-electron chi connectivity index (χ2n) is 3.96. The Morgan fingerprint density at radius 1 is 1.36 bits per heavy atom. The molecule has 0 atom stereocenters. The summed E-state index contributed by atoms with van der Waals surface area (Å²) in [4.78, 5) is 3.43. The van der Waals surface area contributed by atoms with Crippen LogP contribution in [0.2, 0.25) is 0 Å². The molecule has 0 unspecified atom stereocenters. The van der Waals surface area contributed by atoms with Crippen LogP contribution in [0.3, 0.4) is 0 Å². The number of nitrogens with one attached hydrogen (secondary N) is 1. The molecule has 1 aromatic heterocycles. The van der Waals surface area contributed by atoms with Crippen LogP contribution in [0.4, 0.5) is 0 Å². The highest BCUT2D eigenvalue weighted by atomic mass is 14.7. The fourth-order valence-corrected chi connectivity index (χ4v) is 1.72. The van der Waals surface area contributed by atoms with Crippen LogP contribution in [-0.2, 0) is 6.54 Å². The van der Waals surface area contributed by atoms with E-state index in [-0.39, 0.29) is 0 Å². The van der Waals surface area contributed by atoms with E-state index in [4.69, 9.17) is 5.73 Å². The Morgan fingerprint density at radius 2 is 2.14 bits per heavy atom. The van der Waals surface area contributed by atoms with E-state index in [9.17, 15) is 0 Å². The number of aromatic amines is 1. The average Bonchev–Trinajstić information content (AvgIpc) is 2.60. The number of H-pyrrole nitrogens is 1. The van der Waals surface area contributed by atoms with Gasteiger partial charge in [-0.1, -0.05) is 32.0 Å². The van der Waals surface area contributed by atoms with Crippen molar-refractivity contribution in [3.8, 4) is 0 Å². The Bertz CT molecular complexity index is 441. The number of hydrogen-bond donors (Lipinski definition) is 2. The second kappa shape index (κ2) is 3.46. The predicted octanol–water partition coefficient (Wildman–Crippen LogP) is 2.75. The van der Waals surface area contributed by atoms with E-state index < -0.39 is 0 Å². The first kappa shape index (κ1) is 9.28. The third kappa shape index (κ3) is 1.42. The lowest BCUT2D eigenvalue weighted by molar-refractivity contribution is 0.836. The summed E-state index contributed by atoms with van der Waals surface area (Å²) < 4.78 is 0. The molecule has 0 spiro atoms. The summed E-state index contributed by atoms with van der Waals surface area (Å²) in [6.45, 7) is 4.97. The van der Waals surface area contributed by atoms with E-state index in [1.54, 1.807) is 0 Å². The van der Waals surface area contributed by atoms with Gasteiger partial charge in [0.1, 0.15) is 0 Å². The summed E-state index contributed by atoms with van der Waals surface area (Å²) in [5.74, 6) is 0.535. The first-order valence-corrected chi connectivity index (χ1v) is 5.03. The van der Waals surface area contributed by atoms with E-state index in [2.05, 4.69) is 43.1 Å². The van der Waals surface area contributed by atoms with Crippen LogP contribution in [0, 0.1) is 0 Å². The van der Waals surface area contributed by atoms with Crippen molar-refractivity contribution in [2.24, 2.45) is 5.73 Å². The van der Waals surface area contributed by atoms with E-state index in [1.807, 2.05) is 0 Å². The van der Waals surface area contributed by atoms with Gasteiger partial charge in [0.25, 0.3) is 0 Å². The SMILES string of the molecule is CC(C)c1cc2cccc(CN)c2[nH]1. The zero-order chi connectivity index (χ0) is 10.1. The quantitative estimate of drug-likeness (QED) is 0.747. The van der Waals surface area contributed by atoms with Crippen molar-refractivity contribution in [1.82, 2.24) is 4.98 Å². The minimum Gasteiger partial charge on any atom is -0.358 e. The lowest BCUT2D eigenvalue weighted by Gasteiger charge is -2.00. The van der Waals surface area contributed by atoms with Crippen molar-refractivity contribution in [1.29, 1.82) is 0 Å². The molecule has 2 nitrogen and oxygen atoms in total. The predicted molar refractivity (Wildman–Crippen MR) is 60.3 cm³/mol. The Labute approximate surface area is 84.1 Å². The molecule has 1 heterocycles. The molecular weight excluding hydrogens is 172 g/mol. The normalized spacial score (nSPS) is 11.4. The minimum absolute atomic E-state index is 0.535. The van der Waals surface area contributed by atoms with Gasteiger partial charge in [-0.25, -0.2) is 0 Å². The van der Waals surface area contributed by atoms with Gasteiger partial charge in [-0.05, 0) is 22.9 Å². The number of rotatable bonds is 2. The summed E-state index contributed by atoms with van der Waals surface area (Å²) in [6, 6.07) is 8.46. The van der Waals surface area contributed by atoms with Gasteiger partial charge < -0.3 is 10.7 Å². The van der Waals surface area contributed by atoms with Gasteiger partial charge in [0.15, 0.2) is 0 Å². The van der Waals surface area contributed by atoms with Crippen molar-refractivity contribution < 1.29 is 0 Å². The molecule has 2 heteroatoms. The fourth-order valence-electron chi connectivity index (χ4n) is 1.72. The molecular formula is C12H16N2. The third-order valence-corrected chi connectivity index (χ3v) is 2.61. The van der Waals surface area contributed by atoms with Gasteiger partial charge in [-0.3, -0.25) is 0 Å². The number of nitrogens with two attached hydrogens (primary N) is 1. The topological polar surface area (TPSA) is 41.8 Å². The van der Waals surface area contributed by atoms with Crippen molar-refractivity contribution in [3.05, 3.63) is 35.5 Å². The average molecular weight is 188 g/mol. The van der Waals surface area contributed by atoms with Crippen LogP contribution in [0.25, 0.3) is 10.9 Å². The van der Waals surface area contributed by atoms with Crippen LogP contribution in [0.15, 0.2) is 24.3 Å². The Morgan fingerprint density at radius 3 is 2.79 bits per heavy atom. The van der Waals surface area contributed by atoms with Gasteiger partial charge >= 0.3 is 0 Å². The van der Waals surface area contributed by atoms with Crippen LogP contribution < -0.4 is 5.73 Å². The standard InChI is InChI=1S/C12H16N2/c1-8(2)11-6-9-4-3-5-10(7-13)12(9)14-11/h3-6,8,14H,7,13H2,1-2H3. The van der Waals surface area contributed by atoms with Gasteiger partial charge in [0.05, 0.1) is 5.52 Å². The minimum atomic E-state index is 0.535. The first-order valence-electron chi connectivity index (χ1n) is 5.03. The molecule has 74 valence electrons. The van der Waals surface area contributed by atoms with Crippen molar-refractivity contribution in [2.45, 2.75) is 26.3 Å². The van der Waals surface area contributed by atoms with Crippen LogP contribution in [0.1, 0.15) is 31.0 Å². The van der Waals surface area contributed by atoms with Crippen molar-refractivity contribution in [2.75, 3.05) is 0 Å². The van der Waals surface area contributed by atoms with Crippen LogP contribution in [-0.4, -0.2) is 4.98 Å². The summed E-state index contributed by atoms with van der Waals surface area (Å²) in [5, 5.41) is 1.26. The second-order valence-corrected chi connectivity index (χ2v) is 3.96. The molecule has 0 aliphatic rings. The molecule has 0 fully saturated rings. The summed E-state index contributed by atoms with van der Waals surface area (Å²) in [7, 11) is 0. The molecule has 0 aliphatic carbocycles. The van der Waals surface area contributed by atoms with Gasteiger partial charge in [0.2, 0.25) is 0 Å². The maximum Gasteiger partial charge on any atom is 0.0501 e. The molecule has 0 saturated heterocycles. The highest BCUT2D eigenvalue weighted by molar-refractivity contribution is 5.83. The van der Waals surface area contributed by atoms with E-state index in [0.717, 1.165) is 0 Å². The Balaban J connectivity index is 2.64. The zero-order valence-corrected chi connectivity index (χ0v) is 8.67. The first-order chi connectivity index (χ1) is 6.72. The van der Waals surface area contributed by atoms with Crippen molar-refractivity contribution >= 4 is 10.9 Å². The molecule has 1 aromatic carbocycles. The number of hydrogen-bond acceptors (Lipinski definition) is 1. The number of fused-ring (bicyclic) bond motifs is 1.